The minimum Gasteiger partial charge on any atom is -0.476 e. The van der Waals surface area contributed by atoms with Gasteiger partial charge in [-0.15, -0.1) is 0 Å². The fourth-order valence-corrected chi connectivity index (χ4v) is 4.79. The van der Waals surface area contributed by atoms with Gasteiger partial charge in [0.25, 0.3) is 15.9 Å². The van der Waals surface area contributed by atoms with E-state index >= 15 is 0 Å². The average Bonchev–Trinajstić information content (AvgIpc) is 2.78. The van der Waals surface area contributed by atoms with Gasteiger partial charge < -0.3 is 10.1 Å². The molecule has 1 aliphatic rings. The molecule has 3 aromatic rings. The van der Waals surface area contributed by atoms with Gasteiger partial charge in [-0.1, -0.05) is 60.2 Å². The summed E-state index contributed by atoms with van der Waals surface area (Å²) in [5, 5.41) is 2.85. The van der Waals surface area contributed by atoms with E-state index in [1.165, 1.54) is 4.31 Å². The first kappa shape index (κ1) is 20.0. The number of nitrogens with one attached hydrogen (secondary N) is 1. The summed E-state index contributed by atoms with van der Waals surface area (Å²) in [5.41, 5.74) is 2.52. The number of carbonyl (C=O) groups is 1. The van der Waals surface area contributed by atoms with E-state index in [0.717, 1.165) is 11.1 Å². The highest BCUT2D eigenvalue weighted by molar-refractivity contribution is 7.92. The summed E-state index contributed by atoms with van der Waals surface area (Å²) in [6, 6.07) is 22.9. The number of para-hydroxylation sites is 2. The van der Waals surface area contributed by atoms with Crippen LogP contribution in [0.2, 0.25) is 0 Å². The summed E-state index contributed by atoms with van der Waals surface area (Å²) >= 11 is 0. The minimum absolute atomic E-state index is 0.103. The van der Waals surface area contributed by atoms with Crippen LogP contribution in [-0.2, 0) is 21.4 Å². The number of amides is 1. The van der Waals surface area contributed by atoms with Crippen LogP contribution in [0.15, 0.2) is 83.8 Å². The zero-order valence-electron chi connectivity index (χ0n) is 16.5. The Morgan fingerprint density at radius 1 is 1.00 bits per heavy atom. The van der Waals surface area contributed by atoms with Gasteiger partial charge in [-0.05, 0) is 36.8 Å². The average molecular weight is 423 g/mol. The molecule has 0 bridgehead atoms. The summed E-state index contributed by atoms with van der Waals surface area (Å²) < 4.78 is 33.6. The van der Waals surface area contributed by atoms with E-state index in [4.69, 9.17) is 4.74 Å². The molecule has 0 fully saturated rings. The van der Waals surface area contributed by atoms with Gasteiger partial charge in [0.2, 0.25) is 0 Å². The van der Waals surface area contributed by atoms with Gasteiger partial charge in [-0.3, -0.25) is 9.10 Å². The van der Waals surface area contributed by atoms with Crippen molar-refractivity contribution in [2.45, 2.75) is 24.5 Å². The lowest BCUT2D eigenvalue weighted by Crippen LogP contribution is -2.50. The highest BCUT2D eigenvalue weighted by Gasteiger charge is 2.37. The second-order valence-electron chi connectivity index (χ2n) is 7.13. The van der Waals surface area contributed by atoms with Gasteiger partial charge in [-0.25, -0.2) is 8.42 Å². The molecule has 4 rings (SSSR count). The third-order valence-electron chi connectivity index (χ3n) is 4.95. The molecule has 0 unspecified atom stereocenters. The minimum atomic E-state index is -3.84. The van der Waals surface area contributed by atoms with Crippen molar-refractivity contribution >= 4 is 21.6 Å². The number of anilines is 1. The number of fused-ring (bicyclic) bond motifs is 1. The zero-order valence-corrected chi connectivity index (χ0v) is 17.3. The lowest BCUT2D eigenvalue weighted by molar-refractivity contribution is -0.127. The maximum absolute atomic E-state index is 13.3. The van der Waals surface area contributed by atoms with Crippen LogP contribution in [-0.4, -0.2) is 27.0 Å². The number of hydrogen-bond acceptors (Lipinski definition) is 4. The second-order valence-corrected chi connectivity index (χ2v) is 8.99. The van der Waals surface area contributed by atoms with Crippen LogP contribution in [0.5, 0.6) is 5.75 Å². The van der Waals surface area contributed by atoms with Crippen molar-refractivity contribution in [1.29, 1.82) is 0 Å². The second kappa shape index (κ2) is 8.20. The quantitative estimate of drug-likeness (QED) is 0.685. The molecule has 6 nitrogen and oxygen atoms in total. The van der Waals surface area contributed by atoms with E-state index in [-0.39, 0.29) is 17.3 Å². The zero-order chi connectivity index (χ0) is 21.1. The lowest BCUT2D eigenvalue weighted by atomic mass is 10.1. The van der Waals surface area contributed by atoms with Crippen molar-refractivity contribution in [2.75, 3.05) is 10.8 Å². The molecular weight excluding hydrogens is 400 g/mol. The van der Waals surface area contributed by atoms with E-state index < -0.39 is 16.1 Å². The van der Waals surface area contributed by atoms with E-state index in [1.807, 2.05) is 31.2 Å². The van der Waals surface area contributed by atoms with E-state index in [1.54, 1.807) is 54.6 Å². The molecule has 0 saturated carbocycles. The van der Waals surface area contributed by atoms with Gasteiger partial charge >= 0.3 is 0 Å². The van der Waals surface area contributed by atoms with Crippen molar-refractivity contribution < 1.29 is 17.9 Å². The summed E-state index contributed by atoms with van der Waals surface area (Å²) in [7, 11) is -3.84. The highest BCUT2D eigenvalue weighted by Crippen LogP contribution is 2.36. The Morgan fingerprint density at radius 3 is 2.40 bits per heavy atom. The molecule has 154 valence electrons. The Morgan fingerprint density at radius 2 is 1.67 bits per heavy atom. The predicted octanol–water partition coefficient (Wildman–Crippen LogP) is 3.27. The largest absolute Gasteiger partial charge is 0.476 e. The molecule has 0 spiro atoms. The molecule has 3 aromatic carbocycles. The van der Waals surface area contributed by atoms with Gasteiger partial charge in [-0.2, -0.15) is 0 Å². The molecule has 7 heteroatoms. The van der Waals surface area contributed by atoms with Crippen molar-refractivity contribution in [1.82, 2.24) is 5.32 Å². The lowest BCUT2D eigenvalue weighted by Gasteiger charge is -2.34. The van der Waals surface area contributed by atoms with Gasteiger partial charge in [0, 0.05) is 6.54 Å². The summed E-state index contributed by atoms with van der Waals surface area (Å²) in [4.78, 5) is 13.0. The third kappa shape index (κ3) is 4.02. The van der Waals surface area contributed by atoms with E-state index in [0.29, 0.717) is 18.0 Å². The molecule has 0 aliphatic carbocycles. The molecular formula is C23H22N2O4S. The maximum atomic E-state index is 13.3. The Balaban J connectivity index is 1.58. The standard InChI is InChI=1S/C23H22N2O4S/c1-17-11-13-18(14-12-17)15-24-23(26)22-16-25(20-9-5-6-10-21(20)29-22)30(27,28)19-7-3-2-4-8-19/h2-14,22H,15-16H2,1H3,(H,24,26)/t22-/m1/s1. The van der Waals surface area contributed by atoms with Crippen LogP contribution in [0.1, 0.15) is 11.1 Å². The van der Waals surface area contributed by atoms with E-state index in [2.05, 4.69) is 5.32 Å². The number of carbonyl (C=O) groups excluding carboxylic acids is 1. The van der Waals surface area contributed by atoms with Crippen LogP contribution < -0.4 is 14.4 Å². The number of hydrogen-bond donors (Lipinski definition) is 1. The van der Waals surface area contributed by atoms with Crippen LogP contribution in [0, 0.1) is 6.92 Å². The molecule has 0 saturated heterocycles. The number of nitrogens with zero attached hydrogens (tertiary/aromatic N) is 1. The number of sulfonamides is 1. The third-order valence-corrected chi connectivity index (χ3v) is 6.74. The Labute approximate surface area is 176 Å². The molecule has 1 N–H and O–H groups in total. The Bertz CT molecular complexity index is 1150. The molecule has 30 heavy (non-hydrogen) atoms. The number of ether oxygens (including phenoxy) is 1. The van der Waals surface area contributed by atoms with E-state index in [9.17, 15) is 13.2 Å². The predicted molar refractivity (Wildman–Crippen MR) is 115 cm³/mol. The van der Waals surface area contributed by atoms with Crippen LogP contribution in [0.25, 0.3) is 0 Å². The van der Waals surface area contributed by atoms with Crippen LogP contribution in [0.4, 0.5) is 5.69 Å². The van der Waals surface area contributed by atoms with Crippen molar-refractivity contribution in [3.8, 4) is 5.75 Å². The molecule has 0 aromatic heterocycles. The van der Waals surface area contributed by atoms with Gasteiger partial charge in [0.05, 0.1) is 17.1 Å². The SMILES string of the molecule is Cc1ccc(CNC(=O)[C@H]2CN(S(=O)(=O)c3ccccc3)c3ccccc3O2)cc1. The Hall–Kier alpha value is -3.32. The number of aryl methyl sites for hydroxylation is 1. The molecule has 0 radical (unpaired) electrons. The summed E-state index contributed by atoms with van der Waals surface area (Å²) in [5.74, 6) is -0.00270. The normalized spacial score (nSPS) is 15.8. The molecule has 1 amide bonds. The fraction of sp³-hybridized carbons (Fsp3) is 0.174. The highest BCUT2D eigenvalue weighted by atomic mass is 32.2. The fourth-order valence-electron chi connectivity index (χ4n) is 3.30. The number of benzene rings is 3. The summed E-state index contributed by atoms with van der Waals surface area (Å²) in [6.45, 7) is 2.23. The Kier molecular flexibility index (Phi) is 5.46. The monoisotopic (exact) mass is 422 g/mol. The van der Waals surface area contributed by atoms with Crippen molar-refractivity contribution in [3.63, 3.8) is 0 Å². The smallest absolute Gasteiger partial charge is 0.264 e. The van der Waals surface area contributed by atoms with Gasteiger partial charge in [0.1, 0.15) is 5.75 Å². The number of rotatable bonds is 5. The molecule has 1 heterocycles. The maximum Gasteiger partial charge on any atom is 0.264 e. The van der Waals surface area contributed by atoms with Crippen molar-refractivity contribution in [2.24, 2.45) is 0 Å². The van der Waals surface area contributed by atoms with Crippen LogP contribution in [0.3, 0.4) is 0 Å². The first-order valence-corrected chi connectivity index (χ1v) is 11.1. The van der Waals surface area contributed by atoms with Crippen molar-refractivity contribution in [3.05, 3.63) is 90.0 Å². The first-order valence-electron chi connectivity index (χ1n) is 9.62. The van der Waals surface area contributed by atoms with Crippen LogP contribution >= 0.6 is 0 Å². The summed E-state index contributed by atoms with van der Waals surface area (Å²) in [6.07, 6.45) is -0.955. The molecule has 1 aliphatic heterocycles. The first-order chi connectivity index (χ1) is 14.4. The molecule has 1 atom stereocenters. The topological polar surface area (TPSA) is 75.7 Å². The van der Waals surface area contributed by atoms with Gasteiger partial charge in [0.15, 0.2) is 6.10 Å².